The first-order valence-corrected chi connectivity index (χ1v) is 10.7. The number of amides is 1. The zero-order valence-electron chi connectivity index (χ0n) is 15.9. The van der Waals surface area contributed by atoms with Crippen LogP contribution in [0.4, 0.5) is 5.00 Å². The average molecular weight is 407 g/mol. The summed E-state index contributed by atoms with van der Waals surface area (Å²) in [7, 11) is 0. The van der Waals surface area contributed by atoms with E-state index >= 15 is 0 Å². The van der Waals surface area contributed by atoms with Crippen LogP contribution in [0.2, 0.25) is 0 Å². The van der Waals surface area contributed by atoms with E-state index in [4.69, 9.17) is 0 Å². The van der Waals surface area contributed by atoms with Gasteiger partial charge in [-0.1, -0.05) is 42.5 Å². The van der Waals surface area contributed by atoms with Crippen LogP contribution in [0.3, 0.4) is 0 Å². The maximum Gasteiger partial charge on any atom is 0.307 e. The van der Waals surface area contributed by atoms with E-state index in [1.54, 1.807) is 0 Å². The fourth-order valence-electron chi connectivity index (χ4n) is 4.38. The van der Waals surface area contributed by atoms with E-state index in [0.29, 0.717) is 29.3 Å². The van der Waals surface area contributed by atoms with E-state index in [0.717, 1.165) is 29.7 Å². The highest BCUT2D eigenvalue weighted by Crippen LogP contribution is 2.42. The van der Waals surface area contributed by atoms with Gasteiger partial charge < -0.3 is 10.4 Å². The largest absolute Gasteiger partial charge is 0.481 e. The highest BCUT2D eigenvalue weighted by Gasteiger charge is 2.35. The quantitative estimate of drug-likeness (QED) is 0.732. The summed E-state index contributed by atoms with van der Waals surface area (Å²) < 4.78 is 0. The molecule has 0 saturated heterocycles. The number of carbonyl (C=O) groups is 2. The number of carboxylic acid groups (broad SMARTS) is 1. The van der Waals surface area contributed by atoms with Gasteiger partial charge in [0, 0.05) is 4.88 Å². The Morgan fingerprint density at radius 2 is 1.86 bits per heavy atom. The van der Waals surface area contributed by atoms with Gasteiger partial charge >= 0.3 is 5.97 Å². The molecule has 5 nitrogen and oxygen atoms in total. The second-order valence-electron chi connectivity index (χ2n) is 7.65. The van der Waals surface area contributed by atoms with Gasteiger partial charge in [-0.05, 0) is 49.1 Å². The lowest BCUT2D eigenvalue weighted by Gasteiger charge is -2.23. The van der Waals surface area contributed by atoms with Crippen molar-refractivity contribution >= 4 is 28.2 Å². The lowest BCUT2D eigenvalue weighted by atomic mass is 9.82. The van der Waals surface area contributed by atoms with Crippen LogP contribution >= 0.6 is 11.3 Å². The number of fused-ring (bicyclic) bond motifs is 1. The van der Waals surface area contributed by atoms with Crippen molar-refractivity contribution in [3.8, 4) is 6.07 Å². The molecule has 2 N–H and O–H groups in total. The summed E-state index contributed by atoms with van der Waals surface area (Å²) in [6.07, 6.45) is 7.09. The Morgan fingerprint density at radius 3 is 2.55 bits per heavy atom. The summed E-state index contributed by atoms with van der Waals surface area (Å²) >= 11 is 1.47. The van der Waals surface area contributed by atoms with Crippen LogP contribution in [-0.2, 0) is 22.4 Å². The Hall–Kier alpha value is -2.91. The third-order valence-corrected chi connectivity index (χ3v) is 7.14. The molecule has 4 rings (SSSR count). The molecule has 3 atom stereocenters. The number of anilines is 1. The van der Waals surface area contributed by atoms with E-state index in [-0.39, 0.29) is 5.91 Å². The lowest BCUT2D eigenvalue weighted by Crippen LogP contribution is -2.34. The molecule has 1 aromatic carbocycles. The lowest BCUT2D eigenvalue weighted by molar-refractivity contribution is -0.146. The third kappa shape index (κ3) is 3.83. The highest BCUT2D eigenvalue weighted by molar-refractivity contribution is 7.16. The fraction of sp³-hybridized carbons (Fsp3) is 0.348. The third-order valence-electron chi connectivity index (χ3n) is 5.97. The Bertz CT molecular complexity index is 1000. The molecule has 148 valence electrons. The summed E-state index contributed by atoms with van der Waals surface area (Å²) in [4.78, 5) is 25.5. The summed E-state index contributed by atoms with van der Waals surface area (Å²) in [6.45, 7) is 0. The molecule has 0 spiro atoms. The van der Waals surface area contributed by atoms with E-state index in [2.05, 4.69) is 23.5 Å². The van der Waals surface area contributed by atoms with Gasteiger partial charge in [0.15, 0.2) is 0 Å². The molecule has 1 amide bonds. The van der Waals surface area contributed by atoms with Crippen LogP contribution in [0.25, 0.3) is 0 Å². The normalized spacial score (nSPS) is 23.1. The summed E-state index contributed by atoms with van der Waals surface area (Å²) in [6, 6.07) is 12.6. The predicted octanol–water partition coefficient (Wildman–Crippen LogP) is 4.50. The predicted molar refractivity (Wildman–Crippen MR) is 112 cm³/mol. The van der Waals surface area contributed by atoms with Gasteiger partial charge in [0.25, 0.3) is 0 Å². The molecule has 0 unspecified atom stereocenters. The monoisotopic (exact) mass is 406 g/mol. The molecule has 0 bridgehead atoms. The number of benzene rings is 1. The number of carboxylic acids is 1. The van der Waals surface area contributed by atoms with E-state index < -0.39 is 17.8 Å². The summed E-state index contributed by atoms with van der Waals surface area (Å²) in [5.74, 6) is -2.18. The Balaban J connectivity index is 1.56. The number of carbonyl (C=O) groups excluding carboxylic acids is 1. The zero-order valence-corrected chi connectivity index (χ0v) is 16.7. The topological polar surface area (TPSA) is 90.2 Å². The fourth-order valence-corrected chi connectivity index (χ4v) is 5.66. The van der Waals surface area contributed by atoms with Crippen LogP contribution in [-0.4, -0.2) is 17.0 Å². The minimum Gasteiger partial charge on any atom is -0.481 e. The molecule has 0 aliphatic heterocycles. The minimum absolute atomic E-state index is 0.309. The number of aliphatic carboxylic acids is 1. The first kappa shape index (κ1) is 19.4. The van der Waals surface area contributed by atoms with Gasteiger partial charge in [-0.3, -0.25) is 9.59 Å². The van der Waals surface area contributed by atoms with Crippen molar-refractivity contribution in [2.45, 2.75) is 38.0 Å². The van der Waals surface area contributed by atoms with Gasteiger partial charge in [0.1, 0.15) is 11.1 Å². The molecule has 2 aromatic rings. The van der Waals surface area contributed by atoms with Crippen molar-refractivity contribution in [1.82, 2.24) is 0 Å². The molecule has 2 aliphatic rings. The van der Waals surface area contributed by atoms with Gasteiger partial charge in [-0.25, -0.2) is 0 Å². The summed E-state index contributed by atoms with van der Waals surface area (Å²) in [5, 5.41) is 22.6. The molecule has 2 aliphatic carbocycles. The van der Waals surface area contributed by atoms with Crippen molar-refractivity contribution in [2.75, 3.05) is 5.32 Å². The van der Waals surface area contributed by atoms with Gasteiger partial charge in [0.05, 0.1) is 17.4 Å². The second kappa shape index (κ2) is 8.22. The number of nitrogens with zero attached hydrogens (tertiary/aromatic N) is 1. The maximum absolute atomic E-state index is 12.8. The minimum atomic E-state index is -0.953. The SMILES string of the molecule is N#Cc1c(NC(=O)[C@H]2CC=CC[C@@H]2C(=O)O)sc2c1CC[C@H](c1ccccc1)C2. The van der Waals surface area contributed by atoms with Crippen LogP contribution in [0.5, 0.6) is 0 Å². The molecule has 0 radical (unpaired) electrons. The zero-order chi connectivity index (χ0) is 20.4. The van der Waals surface area contributed by atoms with E-state index in [9.17, 15) is 20.0 Å². The molecule has 1 aromatic heterocycles. The second-order valence-corrected chi connectivity index (χ2v) is 8.76. The smallest absolute Gasteiger partial charge is 0.307 e. The van der Waals surface area contributed by atoms with Gasteiger partial charge in [-0.2, -0.15) is 5.26 Å². The van der Waals surface area contributed by atoms with E-state index in [1.165, 1.54) is 16.9 Å². The van der Waals surface area contributed by atoms with Gasteiger partial charge in [0.2, 0.25) is 5.91 Å². The molecule has 1 heterocycles. The number of hydrogen-bond donors (Lipinski definition) is 2. The first-order chi connectivity index (χ1) is 14.1. The number of hydrogen-bond acceptors (Lipinski definition) is 4. The summed E-state index contributed by atoms with van der Waals surface area (Å²) in [5.41, 5.74) is 2.88. The van der Waals surface area contributed by atoms with Crippen molar-refractivity contribution < 1.29 is 14.7 Å². The number of nitriles is 1. The molecular formula is C23H22N2O3S. The Labute approximate surface area is 173 Å². The Kier molecular flexibility index (Phi) is 5.50. The van der Waals surface area contributed by atoms with Crippen LogP contribution < -0.4 is 5.32 Å². The Morgan fingerprint density at radius 1 is 1.14 bits per heavy atom. The van der Waals surface area contributed by atoms with Crippen molar-refractivity contribution in [3.05, 3.63) is 64.1 Å². The molecule has 29 heavy (non-hydrogen) atoms. The number of rotatable bonds is 4. The molecular weight excluding hydrogens is 384 g/mol. The van der Waals surface area contributed by atoms with Crippen molar-refractivity contribution in [3.63, 3.8) is 0 Å². The molecule has 0 fully saturated rings. The van der Waals surface area contributed by atoms with Crippen molar-refractivity contribution in [1.29, 1.82) is 5.26 Å². The first-order valence-electron chi connectivity index (χ1n) is 9.86. The number of thiophene rings is 1. The van der Waals surface area contributed by atoms with Crippen LogP contribution in [0, 0.1) is 23.2 Å². The van der Waals surface area contributed by atoms with E-state index in [1.807, 2.05) is 30.4 Å². The average Bonchev–Trinajstić information content (AvgIpc) is 3.10. The molecule has 6 heteroatoms. The van der Waals surface area contributed by atoms with Crippen LogP contribution in [0.15, 0.2) is 42.5 Å². The molecule has 0 saturated carbocycles. The number of allylic oxidation sites excluding steroid dienone is 2. The number of nitrogens with one attached hydrogen (secondary N) is 1. The van der Waals surface area contributed by atoms with Crippen LogP contribution in [0.1, 0.15) is 46.7 Å². The van der Waals surface area contributed by atoms with Crippen molar-refractivity contribution in [2.24, 2.45) is 11.8 Å². The standard InChI is InChI=1S/C23H22N2O3S/c24-13-19-16-11-10-15(14-6-2-1-3-7-14)12-20(16)29-22(19)25-21(26)17-8-4-5-9-18(17)23(27)28/h1-7,15,17-18H,8-12H2,(H,25,26)(H,27,28)/t15-,17-,18-/m0/s1. The highest BCUT2D eigenvalue weighted by atomic mass is 32.1. The maximum atomic E-state index is 12.8. The van der Waals surface area contributed by atoms with Gasteiger partial charge in [-0.15, -0.1) is 11.3 Å².